The van der Waals surface area contributed by atoms with Crippen molar-refractivity contribution in [3.8, 4) is 0 Å². The molecule has 0 heterocycles. The van der Waals surface area contributed by atoms with Gasteiger partial charge in [0.2, 0.25) is 5.91 Å². The number of benzene rings is 2. The zero-order valence-corrected chi connectivity index (χ0v) is 13.9. The molecule has 0 aliphatic heterocycles. The lowest BCUT2D eigenvalue weighted by atomic mass is 10.1. The molecule has 136 valence electrons. The van der Waals surface area contributed by atoms with Crippen molar-refractivity contribution in [3.63, 3.8) is 0 Å². The number of amides is 2. The van der Waals surface area contributed by atoms with Gasteiger partial charge in [0.05, 0.1) is 0 Å². The lowest BCUT2D eigenvalue weighted by molar-refractivity contribution is -0.147. The monoisotopic (exact) mass is 378 g/mol. The Morgan fingerprint density at radius 2 is 1.46 bits per heavy atom. The van der Waals surface area contributed by atoms with Gasteiger partial charge in [-0.1, -0.05) is 36.4 Å². The first kappa shape index (κ1) is 19.1. The molecular weight excluding hydrogens is 364 g/mol. The van der Waals surface area contributed by atoms with Crippen molar-refractivity contribution in [2.24, 2.45) is 0 Å². The van der Waals surface area contributed by atoms with Crippen molar-refractivity contribution in [1.29, 1.82) is 0 Å². The molecule has 1 atom stereocenters. The van der Waals surface area contributed by atoms with Crippen LogP contribution in [0.3, 0.4) is 0 Å². The molecule has 0 spiro atoms. The zero-order chi connectivity index (χ0) is 19.3. The minimum atomic E-state index is -4.74. The summed E-state index contributed by atoms with van der Waals surface area (Å²) in [7, 11) is -4.74. The predicted octanol–water partition coefficient (Wildman–Crippen LogP) is 1.28. The summed E-state index contributed by atoms with van der Waals surface area (Å²) in [4.78, 5) is 34.1. The van der Waals surface area contributed by atoms with Crippen molar-refractivity contribution in [2.45, 2.75) is 5.25 Å². The number of carbonyl (C=O) groups excluding carboxylic acids is 2. The van der Waals surface area contributed by atoms with Gasteiger partial charge in [-0.2, -0.15) is 8.42 Å². The van der Waals surface area contributed by atoms with E-state index < -0.39 is 33.2 Å². The molecule has 0 aromatic heterocycles. The first-order chi connectivity index (χ1) is 12.2. The summed E-state index contributed by atoms with van der Waals surface area (Å²) >= 11 is 0. The summed E-state index contributed by atoms with van der Waals surface area (Å²) in [6.07, 6.45) is 0. The largest absolute Gasteiger partial charge is 0.474 e. The van der Waals surface area contributed by atoms with E-state index in [2.05, 4.69) is 10.6 Å². The van der Waals surface area contributed by atoms with E-state index in [-0.39, 0.29) is 16.9 Å². The average Bonchev–Trinajstić information content (AvgIpc) is 2.54. The van der Waals surface area contributed by atoms with Gasteiger partial charge < -0.3 is 15.7 Å². The Morgan fingerprint density at radius 3 is 2.00 bits per heavy atom. The minimum Gasteiger partial charge on any atom is -0.474 e. The van der Waals surface area contributed by atoms with Gasteiger partial charge in [-0.3, -0.25) is 14.1 Å². The molecule has 1 unspecified atom stereocenters. The molecule has 2 aromatic carbocycles. The second-order valence-electron chi connectivity index (χ2n) is 5.14. The van der Waals surface area contributed by atoms with Crippen LogP contribution < -0.4 is 10.6 Å². The third-order valence-corrected chi connectivity index (χ3v) is 4.30. The number of carbonyl (C=O) groups is 3. The number of carboxylic acids is 1. The van der Waals surface area contributed by atoms with Crippen LogP contribution in [-0.4, -0.2) is 35.9 Å². The molecule has 4 N–H and O–H groups in total. The van der Waals surface area contributed by atoms with Crippen LogP contribution >= 0.6 is 0 Å². The summed E-state index contributed by atoms with van der Waals surface area (Å²) < 4.78 is 32.6. The van der Waals surface area contributed by atoms with Gasteiger partial charge in [-0.05, 0) is 23.8 Å². The molecule has 10 heteroatoms. The lowest BCUT2D eigenvalue weighted by Crippen LogP contribution is -2.27. The Hall–Kier alpha value is -3.24. The Morgan fingerprint density at radius 1 is 0.885 bits per heavy atom. The number of nitrogens with one attached hydrogen (secondary N) is 2. The average molecular weight is 378 g/mol. The van der Waals surface area contributed by atoms with Crippen LogP contribution in [0.1, 0.15) is 10.8 Å². The maximum Gasteiger partial charge on any atom is 0.394 e. The van der Waals surface area contributed by atoms with Gasteiger partial charge in [0, 0.05) is 11.4 Å². The normalized spacial score (nSPS) is 12.0. The van der Waals surface area contributed by atoms with Crippen molar-refractivity contribution in [1.82, 2.24) is 0 Å². The number of carboxylic acid groups (broad SMARTS) is 1. The maximum atomic E-state index is 12.4. The number of aliphatic carboxylic acids is 1. The van der Waals surface area contributed by atoms with Crippen molar-refractivity contribution >= 4 is 39.3 Å². The number of anilines is 2. The summed E-state index contributed by atoms with van der Waals surface area (Å²) in [5.41, 5.74) is 0.254. The number of hydrogen-bond donors (Lipinski definition) is 4. The fourth-order valence-corrected chi connectivity index (χ4v) is 2.98. The highest BCUT2D eigenvalue weighted by Gasteiger charge is 2.32. The number of hydrogen-bond acceptors (Lipinski definition) is 5. The Labute approximate surface area is 148 Å². The summed E-state index contributed by atoms with van der Waals surface area (Å²) in [6, 6.07) is 12.9. The van der Waals surface area contributed by atoms with E-state index in [0.717, 1.165) is 0 Å². The van der Waals surface area contributed by atoms with E-state index in [0.29, 0.717) is 0 Å². The molecule has 0 saturated carbocycles. The van der Waals surface area contributed by atoms with Crippen LogP contribution in [0.25, 0.3) is 0 Å². The van der Waals surface area contributed by atoms with E-state index in [1.54, 1.807) is 6.07 Å². The SMILES string of the molecule is O=C(O)C(=O)Nc1cccc(NC(=O)C(c2ccccc2)S(=O)(=O)O)c1. The number of rotatable bonds is 5. The Balaban J connectivity index is 2.25. The highest BCUT2D eigenvalue weighted by Crippen LogP contribution is 2.24. The maximum absolute atomic E-state index is 12.4. The van der Waals surface area contributed by atoms with Gasteiger partial charge in [0.25, 0.3) is 10.1 Å². The van der Waals surface area contributed by atoms with Crippen LogP contribution in [0.5, 0.6) is 0 Å². The molecule has 2 amide bonds. The molecule has 0 fully saturated rings. The third-order valence-electron chi connectivity index (χ3n) is 3.22. The predicted molar refractivity (Wildman–Crippen MR) is 92.1 cm³/mol. The van der Waals surface area contributed by atoms with Crippen molar-refractivity contribution in [2.75, 3.05) is 10.6 Å². The fourth-order valence-electron chi connectivity index (χ4n) is 2.15. The highest BCUT2D eigenvalue weighted by molar-refractivity contribution is 7.86. The topological polar surface area (TPSA) is 150 Å². The smallest absolute Gasteiger partial charge is 0.394 e. The Kier molecular flexibility index (Phi) is 5.70. The van der Waals surface area contributed by atoms with Crippen LogP contribution in [0.15, 0.2) is 54.6 Å². The molecule has 0 bridgehead atoms. The van der Waals surface area contributed by atoms with Gasteiger partial charge in [-0.15, -0.1) is 0 Å². The molecule has 0 radical (unpaired) electrons. The van der Waals surface area contributed by atoms with Gasteiger partial charge in [0.15, 0.2) is 5.25 Å². The molecule has 26 heavy (non-hydrogen) atoms. The second-order valence-corrected chi connectivity index (χ2v) is 6.64. The second kappa shape index (κ2) is 7.76. The molecule has 9 nitrogen and oxygen atoms in total. The highest BCUT2D eigenvalue weighted by atomic mass is 32.2. The third kappa shape index (κ3) is 4.88. The van der Waals surface area contributed by atoms with Crippen molar-refractivity contribution < 1.29 is 32.5 Å². The van der Waals surface area contributed by atoms with Gasteiger partial charge in [-0.25, -0.2) is 4.79 Å². The molecule has 2 aromatic rings. The van der Waals surface area contributed by atoms with E-state index in [9.17, 15) is 27.4 Å². The van der Waals surface area contributed by atoms with E-state index in [4.69, 9.17) is 5.11 Å². The van der Waals surface area contributed by atoms with Crippen LogP contribution in [0.2, 0.25) is 0 Å². The quantitative estimate of drug-likeness (QED) is 0.452. The summed E-state index contributed by atoms with van der Waals surface area (Å²) in [6.45, 7) is 0. The standard InChI is InChI=1S/C16H14N2O7S/c19-14(13(26(23,24)25)10-5-2-1-3-6-10)17-11-7-4-8-12(9-11)18-15(20)16(21)22/h1-9,13H,(H,17,19)(H,18,20)(H,21,22)(H,23,24,25). The fraction of sp³-hybridized carbons (Fsp3) is 0.0625. The molecule has 2 rings (SSSR count). The first-order valence-electron chi connectivity index (χ1n) is 7.15. The van der Waals surface area contributed by atoms with E-state index in [1.807, 2.05) is 0 Å². The van der Waals surface area contributed by atoms with Crippen LogP contribution in [0, 0.1) is 0 Å². The van der Waals surface area contributed by atoms with Crippen molar-refractivity contribution in [3.05, 3.63) is 60.2 Å². The summed E-state index contributed by atoms with van der Waals surface area (Å²) in [5, 5.41) is 11.1. The van der Waals surface area contributed by atoms with Gasteiger partial charge >= 0.3 is 11.9 Å². The molecule has 0 aliphatic carbocycles. The first-order valence-corrected chi connectivity index (χ1v) is 8.65. The Bertz CT molecular complexity index is 942. The molecular formula is C16H14N2O7S. The lowest BCUT2D eigenvalue weighted by Gasteiger charge is -2.15. The minimum absolute atomic E-state index is 0.0721. The van der Waals surface area contributed by atoms with E-state index >= 15 is 0 Å². The van der Waals surface area contributed by atoms with Gasteiger partial charge in [0.1, 0.15) is 0 Å². The summed E-state index contributed by atoms with van der Waals surface area (Å²) in [5.74, 6) is -3.97. The molecule has 0 aliphatic rings. The zero-order valence-electron chi connectivity index (χ0n) is 13.1. The van der Waals surface area contributed by atoms with E-state index in [1.165, 1.54) is 48.5 Å². The van der Waals surface area contributed by atoms with Crippen LogP contribution in [-0.2, 0) is 24.5 Å². The molecule has 0 saturated heterocycles. The van der Waals surface area contributed by atoms with Crippen LogP contribution in [0.4, 0.5) is 11.4 Å².